The molecule has 9 aromatic carbocycles. The summed E-state index contributed by atoms with van der Waals surface area (Å²) in [6.07, 6.45) is 0. The Bertz CT molecular complexity index is 5080. The average Bonchev–Trinajstić information content (AvgIpc) is 1.60. The van der Waals surface area contributed by atoms with E-state index in [9.17, 15) is 13.7 Å². The highest BCUT2D eigenvalue weighted by atomic mass is 32.1. The second kappa shape index (κ2) is 14.2. The highest BCUT2D eigenvalue weighted by molar-refractivity contribution is 7.25. The number of hydrogen-bond donors (Lipinski definition) is 0. The Labute approximate surface area is 400 Å². The summed E-state index contributed by atoms with van der Waals surface area (Å²) in [7, 11) is 0. The first-order valence-corrected chi connectivity index (χ1v) is 20.0. The number of hydrogen-bond acceptors (Lipinski definition) is 4. The Balaban J connectivity index is 1.25. The molecule has 0 atom stereocenters. The van der Waals surface area contributed by atoms with Crippen molar-refractivity contribution >= 4 is 75.1 Å². The maximum Gasteiger partial charge on any atom is 0.240 e. The number of nitrogens with zero attached hydrogens (tertiary/aromatic N) is 5. The van der Waals surface area contributed by atoms with Crippen LogP contribution in [0.3, 0.4) is 0 Å². The first kappa shape index (κ1) is 19.2. The van der Waals surface area contributed by atoms with Crippen molar-refractivity contribution in [1.82, 2.24) is 24.1 Å². The predicted molar refractivity (Wildman–Crippen MR) is 263 cm³/mol. The lowest BCUT2D eigenvalue weighted by Gasteiger charge is -2.14. The van der Waals surface area contributed by atoms with Crippen molar-refractivity contribution in [3.05, 3.63) is 212 Å². The molecule has 5 nitrogen and oxygen atoms in total. The van der Waals surface area contributed by atoms with E-state index in [1.165, 1.54) is 0 Å². The van der Waals surface area contributed by atoms with Crippen LogP contribution in [0.15, 0.2) is 212 Å². The Hall–Kier alpha value is -8.19. The normalized spacial score (nSPS) is 17.1. The SMILES string of the molecule is [2H]c1c([2H])c([2H])c(-c2c([2H])c([2H])c3c4c([2H])c([2H])c(-c5c([2H])c([2H])c([2H])c([2H])c5[2H])c([2H])c4n(-c4nc(-c5cccc(-c6ccc7c(c6)sc6ccccc67)c5)nc(-n5c6c([2H])c([2H])c([2H])c([2H])c6c6c([2H])c([2H])c([2H])c([2H])c65)n4)c3c2[2H])c([2H])c1[2H]. The van der Waals surface area contributed by atoms with Gasteiger partial charge in [0.25, 0.3) is 0 Å². The Morgan fingerprint density at radius 1 is 0.349 bits per heavy atom. The van der Waals surface area contributed by atoms with E-state index in [4.69, 9.17) is 34.1 Å². The van der Waals surface area contributed by atoms with Crippen LogP contribution in [0, 0.1) is 0 Å². The molecule has 294 valence electrons. The fraction of sp³-hybridized carbons (Fsp3) is 0. The van der Waals surface area contributed by atoms with Crippen LogP contribution in [0.5, 0.6) is 0 Å². The molecule has 6 heteroatoms. The summed E-state index contributed by atoms with van der Waals surface area (Å²) in [5.74, 6) is -1.66. The average molecular weight is 846 g/mol. The van der Waals surface area contributed by atoms with Gasteiger partial charge in [-0.15, -0.1) is 11.3 Å². The number of benzene rings is 9. The lowest BCUT2D eigenvalue weighted by atomic mass is 10.0. The number of para-hydroxylation sites is 2. The molecule has 4 heterocycles. The van der Waals surface area contributed by atoms with Gasteiger partial charge in [0.15, 0.2) is 5.82 Å². The van der Waals surface area contributed by atoms with E-state index in [2.05, 4.69) is 0 Å². The van der Waals surface area contributed by atoms with Gasteiger partial charge in [0.2, 0.25) is 11.9 Å². The van der Waals surface area contributed by atoms with Gasteiger partial charge < -0.3 is 0 Å². The summed E-state index contributed by atoms with van der Waals surface area (Å²) in [4.78, 5) is 14.7. The molecule has 0 fully saturated rings. The number of thiophene rings is 1. The summed E-state index contributed by atoms with van der Waals surface area (Å²) in [6.45, 7) is 0. The largest absolute Gasteiger partial charge is 0.278 e. The highest BCUT2D eigenvalue weighted by Gasteiger charge is 2.22. The lowest BCUT2D eigenvalue weighted by molar-refractivity contribution is 0.893. The molecule has 0 bridgehead atoms. The molecular formula is C57H35N5S. The van der Waals surface area contributed by atoms with Crippen molar-refractivity contribution in [2.24, 2.45) is 0 Å². The summed E-state index contributed by atoms with van der Waals surface area (Å²) in [5.41, 5.74) is -3.48. The van der Waals surface area contributed by atoms with E-state index < -0.39 is 212 Å². The lowest BCUT2D eigenvalue weighted by Crippen LogP contribution is -2.10. The zero-order valence-electron chi connectivity index (χ0n) is 56.0. The van der Waals surface area contributed by atoms with Crippen LogP contribution in [0.4, 0.5) is 0 Å². The van der Waals surface area contributed by atoms with Crippen LogP contribution in [0.1, 0.15) is 32.9 Å². The third-order valence-corrected chi connectivity index (χ3v) is 11.8. The van der Waals surface area contributed by atoms with Crippen LogP contribution in [0.2, 0.25) is 0 Å². The quantitative estimate of drug-likeness (QED) is 0.167. The Morgan fingerprint density at radius 3 is 1.52 bits per heavy atom. The van der Waals surface area contributed by atoms with Gasteiger partial charge in [0.05, 0.1) is 55.0 Å². The first-order valence-electron chi connectivity index (χ1n) is 31.2. The fourth-order valence-corrected chi connectivity index (χ4v) is 8.99. The van der Waals surface area contributed by atoms with Gasteiger partial charge in [-0.2, -0.15) is 15.0 Å². The minimum Gasteiger partial charge on any atom is -0.278 e. The van der Waals surface area contributed by atoms with Crippen molar-refractivity contribution in [3.8, 4) is 56.7 Å². The maximum absolute atomic E-state index is 10.1. The summed E-state index contributed by atoms with van der Waals surface area (Å²) < 4.78 is 222. The molecule has 0 saturated carbocycles. The number of rotatable bonds is 6. The van der Waals surface area contributed by atoms with E-state index in [-0.39, 0.29) is 22.2 Å². The van der Waals surface area contributed by atoms with E-state index in [1.807, 2.05) is 42.5 Å². The zero-order chi connectivity index (χ0) is 62.3. The molecule has 13 aromatic rings. The minimum absolute atomic E-state index is 0.181. The molecule has 4 aromatic heterocycles. The van der Waals surface area contributed by atoms with Gasteiger partial charge in [0, 0.05) is 47.3 Å². The second-order valence-corrected chi connectivity index (χ2v) is 15.3. The van der Waals surface area contributed by atoms with Crippen molar-refractivity contribution in [2.45, 2.75) is 0 Å². The topological polar surface area (TPSA) is 48.5 Å². The maximum atomic E-state index is 10.1. The standard InChI is InChI=1S/C57H35N5S/c1-3-14-36(15-4-1)39-26-29-45-46-30-27-40(37-16-5-2-6-17-37)34-52(46)62(51(45)33-39)57-59-55(58-56(60-57)61-49-23-10-7-20-43(49)44-21-8-11-24-50(44)61)42-19-13-18-38(32-42)41-28-31-48-47-22-9-12-25-53(47)63-54(48)35-41/h1-35H/i1D,2D,3D,4D,5D,6D,7D,8D,10D,11D,14D,15D,16D,17D,20D,21D,23D,24D,26D,27D,29D,30D,33D,34D. The minimum atomic E-state index is -0.909. The van der Waals surface area contributed by atoms with Gasteiger partial charge >= 0.3 is 0 Å². The number of aromatic nitrogens is 5. The van der Waals surface area contributed by atoms with Crippen molar-refractivity contribution in [2.75, 3.05) is 0 Å². The van der Waals surface area contributed by atoms with Crippen LogP contribution >= 0.6 is 11.3 Å². The monoisotopic (exact) mass is 845 g/mol. The summed E-state index contributed by atoms with van der Waals surface area (Å²) >= 11 is 1.57. The van der Waals surface area contributed by atoms with Gasteiger partial charge in [-0.25, -0.2) is 0 Å². The molecule has 13 rings (SSSR count). The van der Waals surface area contributed by atoms with Crippen molar-refractivity contribution in [1.29, 1.82) is 0 Å². The molecule has 0 radical (unpaired) electrons. The Kier molecular flexibility index (Phi) is 4.34. The van der Waals surface area contributed by atoms with Crippen LogP contribution in [-0.4, -0.2) is 24.1 Å². The molecule has 0 aliphatic carbocycles. The molecule has 63 heavy (non-hydrogen) atoms. The van der Waals surface area contributed by atoms with Gasteiger partial charge in [-0.3, -0.25) is 9.13 Å². The summed E-state index contributed by atoms with van der Waals surface area (Å²) in [6, 6.07) is 0.425. The molecule has 0 N–H and O–H groups in total. The highest BCUT2D eigenvalue weighted by Crippen LogP contribution is 2.40. The molecule has 0 aliphatic heterocycles. The van der Waals surface area contributed by atoms with E-state index in [0.717, 1.165) is 34.9 Å². The second-order valence-electron chi connectivity index (χ2n) is 14.2. The molecule has 0 amide bonds. The van der Waals surface area contributed by atoms with Crippen LogP contribution in [-0.2, 0) is 0 Å². The summed E-state index contributed by atoms with van der Waals surface area (Å²) in [5, 5.41) is 0.242. The van der Waals surface area contributed by atoms with E-state index >= 15 is 0 Å². The van der Waals surface area contributed by atoms with E-state index in [1.54, 1.807) is 35.6 Å². The van der Waals surface area contributed by atoms with Crippen LogP contribution in [0.25, 0.3) is 120 Å². The third kappa shape index (κ3) is 5.80. The smallest absolute Gasteiger partial charge is 0.240 e. The molecule has 0 saturated heterocycles. The van der Waals surface area contributed by atoms with Gasteiger partial charge in [0.1, 0.15) is 0 Å². The number of fused-ring (bicyclic) bond motifs is 9. The molecular weight excluding hydrogens is 787 g/mol. The van der Waals surface area contributed by atoms with Crippen LogP contribution < -0.4 is 0 Å². The van der Waals surface area contributed by atoms with E-state index in [0.29, 0.717) is 5.56 Å². The fourth-order valence-electron chi connectivity index (χ4n) is 7.85. The Morgan fingerprint density at radius 2 is 0.873 bits per heavy atom. The van der Waals surface area contributed by atoms with Crippen molar-refractivity contribution in [3.63, 3.8) is 0 Å². The first-order chi connectivity index (χ1) is 41.2. The molecule has 0 aliphatic rings. The zero-order valence-corrected chi connectivity index (χ0v) is 32.8. The predicted octanol–water partition coefficient (Wildman–Crippen LogP) is 15.1. The molecule has 0 spiro atoms. The van der Waals surface area contributed by atoms with Crippen molar-refractivity contribution < 1.29 is 32.9 Å². The molecule has 0 unspecified atom stereocenters. The van der Waals surface area contributed by atoms with Gasteiger partial charge in [-0.05, 0) is 75.7 Å². The third-order valence-electron chi connectivity index (χ3n) is 10.7. The van der Waals surface area contributed by atoms with Gasteiger partial charge in [-0.1, -0.05) is 169 Å².